The first-order chi connectivity index (χ1) is 11.2. The van der Waals surface area contributed by atoms with Gasteiger partial charge in [-0.25, -0.2) is 4.57 Å². The van der Waals surface area contributed by atoms with Gasteiger partial charge in [-0.3, -0.25) is 0 Å². The zero-order chi connectivity index (χ0) is 16.0. The normalized spacial score (nSPS) is 11.0. The van der Waals surface area contributed by atoms with Crippen LogP contribution in [0, 0.1) is 0 Å². The first kappa shape index (κ1) is 15.4. The molecule has 0 amide bonds. The van der Waals surface area contributed by atoms with Crippen LogP contribution < -0.4 is 9.05 Å². The van der Waals surface area contributed by atoms with Crippen molar-refractivity contribution in [3.05, 3.63) is 96.6 Å². The maximum Gasteiger partial charge on any atom is 0.435 e. The highest BCUT2D eigenvalue weighted by Gasteiger charge is 2.28. The Kier molecular flexibility index (Phi) is 4.80. The van der Waals surface area contributed by atoms with Crippen LogP contribution in [0.3, 0.4) is 0 Å². The predicted octanol–water partition coefficient (Wildman–Crippen LogP) is 5.54. The Balaban J connectivity index is 1.87. The quantitative estimate of drug-likeness (QED) is 0.559. The molecule has 3 nitrogen and oxygen atoms in total. The molecule has 23 heavy (non-hydrogen) atoms. The number of hydrogen-bond donors (Lipinski definition) is 0. The zero-order valence-electron chi connectivity index (χ0n) is 12.5. The van der Waals surface area contributed by atoms with Crippen LogP contribution in [0.5, 0.6) is 11.5 Å². The molecule has 0 fully saturated rings. The van der Waals surface area contributed by atoms with Gasteiger partial charge in [-0.1, -0.05) is 66.7 Å². The molecule has 0 radical (unpaired) electrons. The minimum atomic E-state index is -3.39. The third-order valence-electron chi connectivity index (χ3n) is 3.19. The average Bonchev–Trinajstić information content (AvgIpc) is 2.57. The zero-order valence-corrected chi connectivity index (χ0v) is 13.4. The van der Waals surface area contributed by atoms with E-state index in [0.29, 0.717) is 11.5 Å². The van der Waals surface area contributed by atoms with E-state index >= 15 is 0 Å². The number of rotatable bonds is 6. The third-order valence-corrected chi connectivity index (χ3v) is 4.92. The summed E-state index contributed by atoms with van der Waals surface area (Å²) in [6.45, 7) is 0. The molecule has 0 aromatic heterocycles. The molecule has 116 valence electrons. The summed E-state index contributed by atoms with van der Waals surface area (Å²) in [7, 11) is -3.39. The molecule has 4 heteroatoms. The van der Waals surface area contributed by atoms with Crippen LogP contribution in [0.4, 0.5) is 0 Å². The second-order valence-electron chi connectivity index (χ2n) is 5.06. The van der Waals surface area contributed by atoms with Crippen molar-refractivity contribution in [3.63, 3.8) is 0 Å². The molecule has 0 saturated heterocycles. The molecule has 3 rings (SSSR count). The Morgan fingerprint density at radius 1 is 0.609 bits per heavy atom. The van der Waals surface area contributed by atoms with Crippen LogP contribution in [-0.4, -0.2) is 0 Å². The van der Waals surface area contributed by atoms with Gasteiger partial charge in [-0.2, -0.15) is 0 Å². The lowest BCUT2D eigenvalue weighted by Gasteiger charge is -2.20. The van der Waals surface area contributed by atoms with E-state index in [0.717, 1.165) is 5.56 Å². The second kappa shape index (κ2) is 7.17. The van der Waals surface area contributed by atoms with Crippen LogP contribution in [-0.2, 0) is 10.7 Å². The van der Waals surface area contributed by atoms with Crippen LogP contribution in [0.2, 0.25) is 0 Å². The fourth-order valence-corrected chi connectivity index (χ4v) is 3.88. The molecule has 0 N–H and O–H groups in total. The van der Waals surface area contributed by atoms with Crippen LogP contribution >= 0.6 is 7.60 Å². The molecule has 3 aromatic carbocycles. The number of para-hydroxylation sites is 2. The average molecular weight is 324 g/mol. The van der Waals surface area contributed by atoms with Gasteiger partial charge in [0.1, 0.15) is 11.5 Å². The lowest BCUT2D eigenvalue weighted by molar-refractivity contribution is 0.384. The van der Waals surface area contributed by atoms with Crippen molar-refractivity contribution < 1.29 is 13.6 Å². The maximum absolute atomic E-state index is 13.3. The fraction of sp³-hybridized carbons (Fsp3) is 0.0526. The molecule has 0 atom stereocenters. The van der Waals surface area contributed by atoms with E-state index in [1.54, 1.807) is 24.3 Å². The van der Waals surface area contributed by atoms with Gasteiger partial charge in [0.15, 0.2) is 0 Å². The molecule has 0 aliphatic carbocycles. The first-order valence-electron chi connectivity index (χ1n) is 7.36. The lowest BCUT2D eigenvalue weighted by atomic mass is 10.2. The van der Waals surface area contributed by atoms with Gasteiger partial charge in [0.2, 0.25) is 0 Å². The highest BCUT2D eigenvalue weighted by atomic mass is 31.2. The summed E-state index contributed by atoms with van der Waals surface area (Å²) < 4.78 is 24.8. The minimum absolute atomic E-state index is 0.206. The summed E-state index contributed by atoms with van der Waals surface area (Å²) >= 11 is 0. The van der Waals surface area contributed by atoms with Gasteiger partial charge in [0.05, 0.1) is 6.16 Å². The first-order valence-corrected chi connectivity index (χ1v) is 9.09. The summed E-state index contributed by atoms with van der Waals surface area (Å²) in [5.41, 5.74) is 0.905. The Bertz CT molecular complexity index is 665. The molecular formula is C19H17O3P. The molecule has 0 saturated carbocycles. The fourth-order valence-electron chi connectivity index (χ4n) is 2.17. The molecule has 0 spiro atoms. The standard InChI is InChI=1S/C19H17O3P/c20-23(16-17-10-4-1-5-11-17,21-18-12-6-2-7-13-18)22-19-14-8-3-9-15-19/h1-15H,16H2. The SMILES string of the molecule is O=P(Cc1ccccc1)(Oc1ccccc1)Oc1ccccc1. The van der Waals surface area contributed by atoms with Crippen molar-refractivity contribution in [2.45, 2.75) is 6.16 Å². The summed E-state index contributed by atoms with van der Waals surface area (Å²) in [5, 5.41) is 0. The molecule has 0 aliphatic rings. The van der Waals surface area contributed by atoms with Gasteiger partial charge in [-0.15, -0.1) is 0 Å². The summed E-state index contributed by atoms with van der Waals surface area (Å²) in [5.74, 6) is 1.06. The summed E-state index contributed by atoms with van der Waals surface area (Å²) in [6, 6.07) is 27.8. The van der Waals surface area contributed by atoms with Gasteiger partial charge in [0.25, 0.3) is 0 Å². The van der Waals surface area contributed by atoms with Crippen LogP contribution in [0.15, 0.2) is 91.0 Å². The highest BCUT2D eigenvalue weighted by Crippen LogP contribution is 2.51. The van der Waals surface area contributed by atoms with Crippen molar-refractivity contribution in [3.8, 4) is 11.5 Å². The minimum Gasteiger partial charge on any atom is -0.416 e. The van der Waals surface area contributed by atoms with Crippen LogP contribution in [0.25, 0.3) is 0 Å². The summed E-state index contributed by atoms with van der Waals surface area (Å²) in [4.78, 5) is 0. The van der Waals surface area contributed by atoms with Crippen molar-refractivity contribution in [2.24, 2.45) is 0 Å². The van der Waals surface area contributed by atoms with Crippen LogP contribution in [0.1, 0.15) is 5.56 Å². The van der Waals surface area contributed by atoms with E-state index in [9.17, 15) is 4.57 Å². The van der Waals surface area contributed by atoms with Crippen molar-refractivity contribution >= 4 is 7.60 Å². The van der Waals surface area contributed by atoms with E-state index in [1.165, 1.54) is 0 Å². The smallest absolute Gasteiger partial charge is 0.416 e. The Morgan fingerprint density at radius 3 is 1.43 bits per heavy atom. The number of hydrogen-bond acceptors (Lipinski definition) is 3. The molecular weight excluding hydrogens is 307 g/mol. The van der Waals surface area contributed by atoms with E-state index in [2.05, 4.69) is 0 Å². The highest BCUT2D eigenvalue weighted by molar-refractivity contribution is 7.53. The second-order valence-corrected chi connectivity index (χ2v) is 6.97. The van der Waals surface area contributed by atoms with Crippen molar-refractivity contribution in [1.82, 2.24) is 0 Å². The Labute approximate surface area is 136 Å². The van der Waals surface area contributed by atoms with E-state index < -0.39 is 7.60 Å². The molecule has 0 heterocycles. The third kappa shape index (κ3) is 4.48. The molecule has 0 aliphatic heterocycles. The van der Waals surface area contributed by atoms with E-state index in [-0.39, 0.29) is 6.16 Å². The Morgan fingerprint density at radius 2 is 1.00 bits per heavy atom. The van der Waals surface area contributed by atoms with Crippen molar-refractivity contribution in [2.75, 3.05) is 0 Å². The molecule has 0 bridgehead atoms. The lowest BCUT2D eigenvalue weighted by Crippen LogP contribution is -2.04. The van der Waals surface area contributed by atoms with E-state index in [4.69, 9.17) is 9.05 Å². The van der Waals surface area contributed by atoms with Gasteiger partial charge in [0, 0.05) is 0 Å². The van der Waals surface area contributed by atoms with E-state index in [1.807, 2.05) is 66.7 Å². The maximum atomic E-state index is 13.3. The van der Waals surface area contributed by atoms with Gasteiger partial charge in [-0.05, 0) is 29.8 Å². The number of benzene rings is 3. The predicted molar refractivity (Wildman–Crippen MR) is 91.9 cm³/mol. The van der Waals surface area contributed by atoms with Crippen molar-refractivity contribution in [1.29, 1.82) is 0 Å². The van der Waals surface area contributed by atoms with Gasteiger partial charge >= 0.3 is 7.60 Å². The largest absolute Gasteiger partial charge is 0.435 e. The Hall–Kier alpha value is -2.51. The summed E-state index contributed by atoms with van der Waals surface area (Å²) in [6.07, 6.45) is 0.206. The molecule has 3 aromatic rings. The topological polar surface area (TPSA) is 35.5 Å². The molecule has 0 unspecified atom stereocenters. The van der Waals surface area contributed by atoms with Gasteiger partial charge < -0.3 is 9.05 Å². The monoisotopic (exact) mass is 324 g/mol.